The number of benzene rings is 2. The molecule has 0 saturated heterocycles. The maximum absolute atomic E-state index is 13.0. The SMILES string of the molecule is O=C1N(c2ccc(F)cc2)Cc2nn(CCc3ccccc3)c(=O)n21. The van der Waals surface area contributed by atoms with Crippen LogP contribution in [0.5, 0.6) is 0 Å². The molecule has 6 nitrogen and oxygen atoms in total. The number of rotatable bonds is 4. The maximum Gasteiger partial charge on any atom is 0.354 e. The van der Waals surface area contributed by atoms with Crippen molar-refractivity contribution in [1.29, 1.82) is 0 Å². The molecule has 0 radical (unpaired) electrons. The maximum atomic E-state index is 13.0. The molecule has 0 aliphatic carbocycles. The summed E-state index contributed by atoms with van der Waals surface area (Å²) in [5, 5.41) is 4.28. The Hall–Kier alpha value is -3.22. The quantitative estimate of drug-likeness (QED) is 0.734. The molecule has 0 atom stereocenters. The molecule has 126 valence electrons. The minimum Gasteiger partial charge on any atom is -0.286 e. The molecule has 2 heterocycles. The Morgan fingerprint density at radius 2 is 1.72 bits per heavy atom. The highest BCUT2D eigenvalue weighted by Crippen LogP contribution is 2.22. The fourth-order valence-electron chi connectivity index (χ4n) is 2.93. The largest absolute Gasteiger partial charge is 0.354 e. The second kappa shape index (κ2) is 6.01. The van der Waals surface area contributed by atoms with E-state index >= 15 is 0 Å². The molecular formula is C18H15FN4O2. The van der Waals surface area contributed by atoms with E-state index in [9.17, 15) is 14.0 Å². The Bertz CT molecular complexity index is 977. The number of carbonyl (C=O) groups excluding carboxylic acids is 1. The Morgan fingerprint density at radius 1 is 1.00 bits per heavy atom. The molecule has 0 spiro atoms. The van der Waals surface area contributed by atoms with Crippen LogP contribution in [0.2, 0.25) is 0 Å². The summed E-state index contributed by atoms with van der Waals surface area (Å²) in [5.41, 5.74) is 1.19. The smallest absolute Gasteiger partial charge is 0.286 e. The van der Waals surface area contributed by atoms with E-state index in [-0.39, 0.29) is 12.4 Å². The molecule has 0 unspecified atom stereocenters. The van der Waals surface area contributed by atoms with Gasteiger partial charge in [0, 0.05) is 5.69 Å². The lowest BCUT2D eigenvalue weighted by atomic mass is 10.2. The minimum absolute atomic E-state index is 0.193. The van der Waals surface area contributed by atoms with Gasteiger partial charge in [0.05, 0.1) is 13.1 Å². The molecule has 1 aromatic heterocycles. The standard InChI is InChI=1S/C18H15FN4O2/c19-14-6-8-15(9-7-14)21-12-16-20-22(18(25)23(16)17(21)24)11-10-13-4-2-1-3-5-13/h1-9H,10-12H2. The molecule has 1 aliphatic heterocycles. The van der Waals surface area contributed by atoms with Gasteiger partial charge in [0.25, 0.3) is 0 Å². The van der Waals surface area contributed by atoms with Crippen LogP contribution in [0.3, 0.4) is 0 Å². The molecule has 25 heavy (non-hydrogen) atoms. The molecular weight excluding hydrogens is 323 g/mol. The summed E-state index contributed by atoms with van der Waals surface area (Å²) < 4.78 is 15.4. The third-order valence-electron chi connectivity index (χ3n) is 4.22. The lowest BCUT2D eigenvalue weighted by Crippen LogP contribution is -2.35. The molecule has 1 amide bonds. The van der Waals surface area contributed by atoms with Crippen molar-refractivity contribution in [3.63, 3.8) is 0 Å². The van der Waals surface area contributed by atoms with Gasteiger partial charge in [0.1, 0.15) is 5.82 Å². The minimum atomic E-state index is -0.461. The third kappa shape index (κ3) is 2.73. The fraction of sp³-hybridized carbons (Fsp3) is 0.167. The van der Waals surface area contributed by atoms with Crippen LogP contribution in [0.15, 0.2) is 59.4 Å². The molecule has 4 rings (SSSR count). The Balaban J connectivity index is 1.55. The molecule has 0 N–H and O–H groups in total. The summed E-state index contributed by atoms with van der Waals surface area (Å²) in [4.78, 5) is 26.4. The number of hydrogen-bond acceptors (Lipinski definition) is 3. The lowest BCUT2D eigenvalue weighted by Gasteiger charge is -2.14. The molecule has 3 aromatic rings. The predicted octanol–water partition coefficient (Wildman–Crippen LogP) is 2.41. The van der Waals surface area contributed by atoms with Crippen molar-refractivity contribution in [2.75, 3.05) is 4.90 Å². The number of fused-ring (bicyclic) bond motifs is 1. The first-order valence-corrected chi connectivity index (χ1v) is 7.93. The summed E-state index contributed by atoms with van der Waals surface area (Å²) in [6, 6.07) is 14.9. The zero-order chi connectivity index (χ0) is 17.4. The Kier molecular flexibility index (Phi) is 3.68. The van der Waals surface area contributed by atoms with E-state index in [2.05, 4.69) is 5.10 Å². The van der Waals surface area contributed by atoms with E-state index in [0.717, 1.165) is 10.1 Å². The molecule has 0 fully saturated rings. The van der Waals surface area contributed by atoms with Gasteiger partial charge < -0.3 is 0 Å². The molecule has 0 bridgehead atoms. The number of nitrogens with zero attached hydrogens (tertiary/aromatic N) is 4. The van der Waals surface area contributed by atoms with Gasteiger partial charge in [0.2, 0.25) is 0 Å². The van der Waals surface area contributed by atoms with E-state index in [4.69, 9.17) is 0 Å². The van der Waals surface area contributed by atoms with Crippen molar-refractivity contribution >= 4 is 11.7 Å². The van der Waals surface area contributed by atoms with Gasteiger partial charge >= 0.3 is 11.7 Å². The average molecular weight is 338 g/mol. The van der Waals surface area contributed by atoms with Crippen LogP contribution in [0.1, 0.15) is 11.4 Å². The van der Waals surface area contributed by atoms with Crippen LogP contribution in [0.4, 0.5) is 14.9 Å². The van der Waals surface area contributed by atoms with Gasteiger partial charge in [-0.25, -0.2) is 18.7 Å². The highest BCUT2D eigenvalue weighted by atomic mass is 19.1. The predicted molar refractivity (Wildman–Crippen MR) is 90.0 cm³/mol. The van der Waals surface area contributed by atoms with Gasteiger partial charge in [-0.2, -0.15) is 9.67 Å². The first-order chi connectivity index (χ1) is 12.1. The van der Waals surface area contributed by atoms with Crippen LogP contribution in [-0.2, 0) is 19.5 Å². The summed E-state index contributed by atoms with van der Waals surface area (Å²) in [5.74, 6) is 0.0174. The molecule has 2 aromatic carbocycles. The van der Waals surface area contributed by atoms with Crippen LogP contribution in [0, 0.1) is 5.82 Å². The Labute approximate surface area is 142 Å². The molecule has 7 heteroatoms. The number of aryl methyl sites for hydroxylation is 2. The summed E-state index contributed by atoms with van der Waals surface area (Å²) in [6.45, 7) is 0.602. The van der Waals surface area contributed by atoms with Crippen molar-refractivity contribution < 1.29 is 9.18 Å². The Morgan fingerprint density at radius 3 is 2.40 bits per heavy atom. The van der Waals surface area contributed by atoms with Crippen LogP contribution in [-0.4, -0.2) is 20.4 Å². The van der Waals surface area contributed by atoms with Gasteiger partial charge in [-0.3, -0.25) is 4.90 Å². The summed E-state index contributed by atoms with van der Waals surface area (Å²) >= 11 is 0. The van der Waals surface area contributed by atoms with Crippen LogP contribution < -0.4 is 10.6 Å². The summed E-state index contributed by atoms with van der Waals surface area (Å²) in [6.07, 6.45) is 0.660. The first-order valence-electron chi connectivity index (χ1n) is 7.93. The van der Waals surface area contributed by atoms with E-state index in [1.807, 2.05) is 30.3 Å². The first kappa shape index (κ1) is 15.3. The average Bonchev–Trinajstić information content (AvgIpc) is 3.12. The van der Waals surface area contributed by atoms with Crippen molar-refractivity contribution in [2.24, 2.45) is 0 Å². The lowest BCUT2D eigenvalue weighted by molar-refractivity contribution is 0.250. The topological polar surface area (TPSA) is 60.1 Å². The molecule has 1 aliphatic rings. The monoisotopic (exact) mass is 338 g/mol. The number of carbonyl (C=O) groups is 1. The van der Waals surface area contributed by atoms with Crippen LogP contribution >= 0.6 is 0 Å². The number of anilines is 1. The van der Waals surface area contributed by atoms with Crippen LogP contribution in [0.25, 0.3) is 0 Å². The normalized spacial score (nSPS) is 13.3. The van der Waals surface area contributed by atoms with Gasteiger partial charge in [0.15, 0.2) is 5.82 Å². The number of hydrogen-bond donors (Lipinski definition) is 0. The summed E-state index contributed by atoms with van der Waals surface area (Å²) in [7, 11) is 0. The van der Waals surface area contributed by atoms with E-state index in [0.29, 0.717) is 24.5 Å². The van der Waals surface area contributed by atoms with E-state index in [1.165, 1.54) is 33.8 Å². The zero-order valence-corrected chi connectivity index (χ0v) is 13.3. The third-order valence-corrected chi connectivity index (χ3v) is 4.22. The van der Waals surface area contributed by atoms with Crippen molar-refractivity contribution in [1.82, 2.24) is 14.3 Å². The molecule has 0 saturated carbocycles. The van der Waals surface area contributed by atoms with Gasteiger partial charge in [-0.05, 0) is 36.2 Å². The zero-order valence-electron chi connectivity index (χ0n) is 13.3. The second-order valence-corrected chi connectivity index (χ2v) is 5.84. The van der Waals surface area contributed by atoms with Crippen molar-refractivity contribution in [3.05, 3.63) is 82.3 Å². The number of amides is 1. The van der Waals surface area contributed by atoms with E-state index in [1.54, 1.807) is 0 Å². The van der Waals surface area contributed by atoms with E-state index < -0.39 is 11.7 Å². The van der Waals surface area contributed by atoms with Crippen molar-refractivity contribution in [3.8, 4) is 0 Å². The second-order valence-electron chi connectivity index (χ2n) is 5.84. The number of halogens is 1. The highest BCUT2D eigenvalue weighted by molar-refractivity contribution is 5.95. The fourth-order valence-corrected chi connectivity index (χ4v) is 2.93. The van der Waals surface area contributed by atoms with Gasteiger partial charge in [-0.15, -0.1) is 0 Å². The highest BCUT2D eigenvalue weighted by Gasteiger charge is 2.33. The number of aromatic nitrogens is 3. The van der Waals surface area contributed by atoms with Gasteiger partial charge in [-0.1, -0.05) is 30.3 Å². The van der Waals surface area contributed by atoms with Crippen molar-refractivity contribution in [2.45, 2.75) is 19.5 Å².